The lowest BCUT2D eigenvalue weighted by Crippen LogP contribution is -2.35. The molecule has 0 aromatic carbocycles. The van der Waals surface area contributed by atoms with E-state index in [1.165, 1.54) is 22.3 Å². The van der Waals surface area contributed by atoms with E-state index in [1.807, 2.05) is 0 Å². The van der Waals surface area contributed by atoms with Crippen LogP contribution in [-0.4, -0.2) is 48.5 Å². The average molecular weight is 370 g/mol. The summed E-state index contributed by atoms with van der Waals surface area (Å²) < 4.78 is 26.6. The quantitative estimate of drug-likeness (QED) is 0.588. The van der Waals surface area contributed by atoms with E-state index in [9.17, 15) is 13.2 Å². The molecule has 1 N–H and O–H groups in total. The number of carbonyl (C=O) groups excluding carboxylic acids is 1. The van der Waals surface area contributed by atoms with Gasteiger partial charge in [0.15, 0.2) is 0 Å². The van der Waals surface area contributed by atoms with Crippen molar-refractivity contribution in [3.05, 3.63) is 31.0 Å². The van der Waals surface area contributed by atoms with Crippen molar-refractivity contribution in [1.82, 2.24) is 14.6 Å². The second-order valence-electron chi connectivity index (χ2n) is 5.59. The number of sulfonamides is 1. The fourth-order valence-corrected chi connectivity index (χ4v) is 4.67. The molecule has 1 saturated heterocycles. The third-order valence-electron chi connectivity index (χ3n) is 3.75. The van der Waals surface area contributed by atoms with Crippen LogP contribution in [0.1, 0.15) is 26.2 Å². The Labute approximate surface area is 147 Å². The molecule has 2 heterocycles. The minimum absolute atomic E-state index is 0.105. The van der Waals surface area contributed by atoms with Gasteiger partial charge in [0.25, 0.3) is 0 Å². The summed E-state index contributed by atoms with van der Waals surface area (Å²) in [7, 11) is -3.46. The van der Waals surface area contributed by atoms with Gasteiger partial charge in [-0.2, -0.15) is 4.31 Å². The number of rotatable bonds is 7. The number of piperidine rings is 1. The average Bonchev–Trinajstić information content (AvgIpc) is 2.60. The Kier molecular flexibility index (Phi) is 6.82. The lowest BCUT2D eigenvalue weighted by atomic mass is 10.2. The largest absolute Gasteiger partial charge is 0.352 e. The first-order chi connectivity index (χ1) is 11.4. The number of carbonyl (C=O) groups is 1. The van der Waals surface area contributed by atoms with Crippen molar-refractivity contribution in [2.45, 2.75) is 41.4 Å². The van der Waals surface area contributed by atoms with Gasteiger partial charge in [-0.1, -0.05) is 24.3 Å². The standard InChI is InChI=1S/C16H23N3O3S2/c1-3-9-17-16(20)13(2)23-15-8-7-14(12-18-15)24(21,22)19-10-5-4-6-11-19/h3,7-8,12-13H,1,4-6,9-11H2,2H3,(H,17,20). The second-order valence-corrected chi connectivity index (χ2v) is 8.89. The summed E-state index contributed by atoms with van der Waals surface area (Å²) in [5, 5.41) is 3.02. The maximum absolute atomic E-state index is 12.6. The first-order valence-corrected chi connectivity index (χ1v) is 10.3. The number of aromatic nitrogens is 1. The summed E-state index contributed by atoms with van der Waals surface area (Å²) in [6.45, 7) is 6.89. The molecule has 1 fully saturated rings. The molecule has 0 aliphatic carbocycles. The number of amides is 1. The van der Waals surface area contributed by atoms with E-state index in [2.05, 4.69) is 16.9 Å². The van der Waals surface area contributed by atoms with Crippen molar-refractivity contribution in [3.8, 4) is 0 Å². The molecule has 1 aromatic heterocycles. The first kappa shape index (κ1) is 19.0. The van der Waals surface area contributed by atoms with Gasteiger partial charge in [0, 0.05) is 25.8 Å². The molecule has 6 nitrogen and oxygen atoms in total. The van der Waals surface area contributed by atoms with Gasteiger partial charge in [0.1, 0.15) is 4.90 Å². The summed E-state index contributed by atoms with van der Waals surface area (Å²) in [5.74, 6) is -0.105. The summed E-state index contributed by atoms with van der Waals surface area (Å²) >= 11 is 1.29. The van der Waals surface area contributed by atoms with Crippen LogP contribution in [0.15, 0.2) is 40.9 Å². The molecule has 1 aromatic rings. The molecule has 1 atom stereocenters. The highest BCUT2D eigenvalue weighted by molar-refractivity contribution is 8.00. The third-order valence-corrected chi connectivity index (χ3v) is 6.68. The number of hydrogen-bond acceptors (Lipinski definition) is 5. The molecule has 24 heavy (non-hydrogen) atoms. The van der Waals surface area contributed by atoms with Gasteiger partial charge in [-0.25, -0.2) is 13.4 Å². The predicted molar refractivity (Wildman–Crippen MR) is 95.4 cm³/mol. The van der Waals surface area contributed by atoms with Crippen molar-refractivity contribution >= 4 is 27.7 Å². The van der Waals surface area contributed by atoms with Crippen molar-refractivity contribution < 1.29 is 13.2 Å². The van der Waals surface area contributed by atoms with Crippen LogP contribution in [0, 0.1) is 0 Å². The van der Waals surface area contributed by atoms with E-state index < -0.39 is 10.0 Å². The lowest BCUT2D eigenvalue weighted by molar-refractivity contribution is -0.120. The normalized spacial score (nSPS) is 17.2. The zero-order chi connectivity index (χ0) is 17.6. The summed E-state index contributed by atoms with van der Waals surface area (Å²) in [4.78, 5) is 16.2. The van der Waals surface area contributed by atoms with Gasteiger partial charge in [0.2, 0.25) is 15.9 Å². The molecule has 1 aliphatic heterocycles. The second kappa shape index (κ2) is 8.64. The van der Waals surface area contributed by atoms with Crippen LogP contribution in [0.2, 0.25) is 0 Å². The number of thioether (sulfide) groups is 1. The SMILES string of the molecule is C=CCNC(=O)C(C)Sc1ccc(S(=O)(=O)N2CCCCC2)cn1. The molecule has 0 spiro atoms. The third kappa shape index (κ3) is 4.81. The molecular formula is C16H23N3O3S2. The zero-order valence-corrected chi connectivity index (χ0v) is 15.4. The molecule has 8 heteroatoms. The van der Waals surface area contributed by atoms with Crippen molar-refractivity contribution in [2.24, 2.45) is 0 Å². The molecule has 0 bridgehead atoms. The van der Waals surface area contributed by atoms with Gasteiger partial charge in [-0.15, -0.1) is 6.58 Å². The Morgan fingerprint density at radius 1 is 1.42 bits per heavy atom. The first-order valence-electron chi connectivity index (χ1n) is 7.96. The van der Waals surface area contributed by atoms with E-state index in [1.54, 1.807) is 25.1 Å². The zero-order valence-electron chi connectivity index (χ0n) is 13.8. The minimum atomic E-state index is -3.46. The van der Waals surface area contributed by atoms with Crippen LogP contribution >= 0.6 is 11.8 Å². The van der Waals surface area contributed by atoms with Gasteiger partial charge in [-0.3, -0.25) is 4.79 Å². The number of pyridine rings is 1. The maximum Gasteiger partial charge on any atom is 0.244 e. The Hall–Kier alpha value is -1.38. The smallest absolute Gasteiger partial charge is 0.244 e. The Balaban J connectivity index is 2.02. The molecular weight excluding hydrogens is 346 g/mol. The summed E-state index contributed by atoms with van der Waals surface area (Å²) in [6, 6.07) is 3.21. The molecule has 132 valence electrons. The van der Waals surface area contributed by atoms with Crippen molar-refractivity contribution in [2.75, 3.05) is 19.6 Å². The summed E-state index contributed by atoms with van der Waals surface area (Å²) in [5.41, 5.74) is 0. The number of nitrogens with zero attached hydrogens (tertiary/aromatic N) is 2. The highest BCUT2D eigenvalue weighted by Gasteiger charge is 2.26. The van der Waals surface area contributed by atoms with Crippen molar-refractivity contribution in [3.63, 3.8) is 0 Å². The van der Waals surface area contributed by atoms with Crippen LogP contribution in [0.3, 0.4) is 0 Å². The van der Waals surface area contributed by atoms with E-state index in [4.69, 9.17) is 0 Å². The van der Waals surface area contributed by atoms with Crippen LogP contribution < -0.4 is 5.32 Å². The van der Waals surface area contributed by atoms with Gasteiger partial charge in [-0.05, 0) is 31.9 Å². The fraction of sp³-hybridized carbons (Fsp3) is 0.500. The molecule has 1 aliphatic rings. The lowest BCUT2D eigenvalue weighted by Gasteiger charge is -2.25. The molecule has 0 radical (unpaired) electrons. The van der Waals surface area contributed by atoms with E-state index >= 15 is 0 Å². The Morgan fingerprint density at radius 2 is 2.12 bits per heavy atom. The van der Waals surface area contributed by atoms with Gasteiger partial charge in [0.05, 0.1) is 10.3 Å². The fourth-order valence-electron chi connectivity index (χ4n) is 2.39. The van der Waals surface area contributed by atoms with Gasteiger partial charge < -0.3 is 5.32 Å². The van der Waals surface area contributed by atoms with Crippen LogP contribution in [0.5, 0.6) is 0 Å². The topological polar surface area (TPSA) is 79.4 Å². The Morgan fingerprint density at radius 3 is 2.71 bits per heavy atom. The maximum atomic E-state index is 12.6. The van der Waals surface area contributed by atoms with E-state index in [0.29, 0.717) is 24.7 Å². The molecule has 1 unspecified atom stereocenters. The van der Waals surface area contributed by atoms with Crippen molar-refractivity contribution in [1.29, 1.82) is 0 Å². The predicted octanol–water partition coefficient (Wildman–Crippen LogP) is 2.04. The molecule has 1 amide bonds. The molecule has 2 rings (SSSR count). The minimum Gasteiger partial charge on any atom is -0.352 e. The van der Waals surface area contributed by atoms with Crippen LogP contribution in [0.25, 0.3) is 0 Å². The highest BCUT2D eigenvalue weighted by Crippen LogP contribution is 2.24. The van der Waals surface area contributed by atoms with Crippen LogP contribution in [0.4, 0.5) is 0 Å². The van der Waals surface area contributed by atoms with E-state index in [0.717, 1.165) is 19.3 Å². The monoisotopic (exact) mass is 369 g/mol. The highest BCUT2D eigenvalue weighted by atomic mass is 32.2. The van der Waals surface area contributed by atoms with Gasteiger partial charge >= 0.3 is 0 Å². The van der Waals surface area contributed by atoms with Crippen LogP contribution in [-0.2, 0) is 14.8 Å². The van der Waals surface area contributed by atoms with E-state index in [-0.39, 0.29) is 16.1 Å². The molecule has 0 saturated carbocycles. The Bertz CT molecular complexity index is 668. The summed E-state index contributed by atoms with van der Waals surface area (Å²) in [6.07, 6.45) is 5.87. The number of nitrogens with one attached hydrogen (secondary N) is 1. The number of hydrogen-bond donors (Lipinski definition) is 1.